The van der Waals surface area contributed by atoms with Gasteiger partial charge in [0.2, 0.25) is 5.95 Å². The minimum atomic E-state index is -0.171. The minimum Gasteiger partial charge on any atom is -0.367 e. The zero-order valence-corrected chi connectivity index (χ0v) is 17.6. The molecule has 0 atom stereocenters. The number of pyridine rings is 1. The molecule has 6 N–H and O–H groups in total. The second kappa shape index (κ2) is 13.4. The fourth-order valence-electron chi connectivity index (χ4n) is 3.34. The Morgan fingerprint density at radius 1 is 1.20 bits per heavy atom. The van der Waals surface area contributed by atoms with Gasteiger partial charge in [-0.05, 0) is 37.0 Å². The van der Waals surface area contributed by atoms with Crippen LogP contribution in [0.5, 0.6) is 0 Å². The number of aromatic nitrogens is 3. The van der Waals surface area contributed by atoms with Crippen LogP contribution < -0.4 is 21.8 Å². The van der Waals surface area contributed by atoms with Crippen molar-refractivity contribution in [2.24, 2.45) is 5.90 Å². The normalized spacial score (nSPS) is 13.7. The number of rotatable bonds is 9. The van der Waals surface area contributed by atoms with Crippen LogP contribution in [0.3, 0.4) is 0 Å². The van der Waals surface area contributed by atoms with Crippen LogP contribution in [0.4, 0.5) is 11.8 Å². The number of hydrogen-bond donors (Lipinski definition) is 5. The third-order valence-electron chi connectivity index (χ3n) is 5.00. The molecule has 1 saturated carbocycles. The van der Waals surface area contributed by atoms with E-state index in [0.29, 0.717) is 29.9 Å². The molecule has 0 saturated heterocycles. The Labute approximate surface area is 177 Å². The van der Waals surface area contributed by atoms with Crippen molar-refractivity contribution >= 4 is 17.7 Å². The Hall–Kier alpha value is -2.78. The van der Waals surface area contributed by atoms with Gasteiger partial charge in [-0.3, -0.25) is 9.78 Å². The Bertz CT molecular complexity index is 752. The summed E-state index contributed by atoms with van der Waals surface area (Å²) in [5, 5.41) is 16.2. The number of nitrogens with zero attached hydrogens (tertiary/aromatic N) is 3. The van der Waals surface area contributed by atoms with Crippen LogP contribution in [-0.2, 0) is 6.54 Å². The number of carbonyl (C=O) groups excluding carboxylic acids is 1. The van der Waals surface area contributed by atoms with Gasteiger partial charge >= 0.3 is 0 Å². The second-order valence-electron chi connectivity index (χ2n) is 7.25. The quantitative estimate of drug-likeness (QED) is 0.311. The predicted octanol–water partition coefficient (Wildman–Crippen LogP) is 3.09. The van der Waals surface area contributed by atoms with Crippen LogP contribution in [0.1, 0.15) is 67.8 Å². The van der Waals surface area contributed by atoms with Crippen LogP contribution in [0.2, 0.25) is 0 Å². The Kier molecular flexibility index (Phi) is 10.5. The maximum atomic E-state index is 12.8. The zero-order chi connectivity index (χ0) is 21.6. The summed E-state index contributed by atoms with van der Waals surface area (Å²) < 4.78 is 0. The summed E-state index contributed by atoms with van der Waals surface area (Å²) >= 11 is 0. The third kappa shape index (κ3) is 7.57. The van der Waals surface area contributed by atoms with Crippen molar-refractivity contribution in [3.63, 3.8) is 0 Å². The lowest BCUT2D eigenvalue weighted by Gasteiger charge is -2.24. The summed E-state index contributed by atoms with van der Waals surface area (Å²) in [6, 6.07) is 4.14. The van der Waals surface area contributed by atoms with Crippen molar-refractivity contribution in [3.8, 4) is 0 Å². The number of anilines is 2. The van der Waals surface area contributed by atoms with E-state index in [2.05, 4.69) is 43.7 Å². The van der Waals surface area contributed by atoms with Crippen LogP contribution in [-0.4, -0.2) is 38.7 Å². The smallest absolute Gasteiger partial charge is 0.256 e. The maximum absolute atomic E-state index is 12.8. The van der Waals surface area contributed by atoms with Gasteiger partial charge in [-0.15, -0.1) is 0 Å². The van der Waals surface area contributed by atoms with Gasteiger partial charge in [0.1, 0.15) is 11.4 Å². The number of hydrogen-bond acceptors (Lipinski definition) is 8. The highest BCUT2D eigenvalue weighted by Crippen LogP contribution is 2.23. The summed E-state index contributed by atoms with van der Waals surface area (Å²) in [7, 11) is 0. The van der Waals surface area contributed by atoms with Gasteiger partial charge in [0, 0.05) is 37.7 Å². The minimum absolute atomic E-state index is 0.171. The first-order chi connectivity index (χ1) is 14.8. The second-order valence-corrected chi connectivity index (χ2v) is 7.25. The van der Waals surface area contributed by atoms with E-state index in [1.807, 2.05) is 12.1 Å². The van der Waals surface area contributed by atoms with Gasteiger partial charge in [-0.2, -0.15) is 4.98 Å². The lowest BCUT2D eigenvalue weighted by molar-refractivity contribution is 0.0951. The zero-order valence-electron chi connectivity index (χ0n) is 17.6. The average Bonchev–Trinajstić information content (AvgIpc) is 2.80. The third-order valence-corrected chi connectivity index (χ3v) is 5.00. The first-order valence-corrected chi connectivity index (χ1v) is 10.6. The molecule has 2 aromatic rings. The highest BCUT2D eigenvalue weighted by atomic mass is 16.4. The van der Waals surface area contributed by atoms with E-state index in [1.165, 1.54) is 19.3 Å². The van der Waals surface area contributed by atoms with Gasteiger partial charge in [-0.25, -0.2) is 10.9 Å². The molecular formula is C21H33N7O2. The topological polar surface area (TPSA) is 138 Å². The molecule has 0 aliphatic heterocycles. The van der Waals surface area contributed by atoms with Crippen molar-refractivity contribution < 1.29 is 10.0 Å². The first kappa shape index (κ1) is 23.5. The molecule has 0 spiro atoms. The van der Waals surface area contributed by atoms with E-state index in [1.54, 1.807) is 18.6 Å². The monoisotopic (exact) mass is 415 g/mol. The van der Waals surface area contributed by atoms with Gasteiger partial charge in [0.05, 0.1) is 0 Å². The number of amides is 1. The molecule has 0 bridgehead atoms. The number of nitrogens with two attached hydrogens (primary N) is 1. The summed E-state index contributed by atoms with van der Waals surface area (Å²) in [4.78, 5) is 25.7. The van der Waals surface area contributed by atoms with Gasteiger partial charge in [-0.1, -0.05) is 32.6 Å². The molecule has 164 valence electrons. The van der Waals surface area contributed by atoms with Crippen molar-refractivity contribution in [1.82, 2.24) is 20.3 Å². The predicted molar refractivity (Wildman–Crippen MR) is 117 cm³/mol. The van der Waals surface area contributed by atoms with Crippen molar-refractivity contribution in [1.29, 1.82) is 0 Å². The summed E-state index contributed by atoms with van der Waals surface area (Å²) in [6.07, 6.45) is 13.2. The van der Waals surface area contributed by atoms with Crippen LogP contribution >= 0.6 is 0 Å². The number of carbonyl (C=O) groups is 1. The Balaban J connectivity index is 0.00000155. The summed E-state index contributed by atoms with van der Waals surface area (Å²) in [5.74, 6) is 4.51. The SMILES string of the molecule is CCCCNc1ncc(C(=O)NCc2ccncc2)c(NC2CCCCC2)n1.NO. The van der Waals surface area contributed by atoms with Crippen LogP contribution in [0.25, 0.3) is 0 Å². The molecule has 1 amide bonds. The molecule has 9 nitrogen and oxygen atoms in total. The van der Waals surface area contributed by atoms with E-state index in [4.69, 9.17) is 5.21 Å². The average molecular weight is 416 g/mol. The van der Waals surface area contributed by atoms with Gasteiger partial charge in [0.15, 0.2) is 0 Å². The lowest BCUT2D eigenvalue weighted by atomic mass is 9.95. The Morgan fingerprint density at radius 3 is 2.63 bits per heavy atom. The van der Waals surface area contributed by atoms with Crippen molar-refractivity contribution in [3.05, 3.63) is 41.9 Å². The van der Waals surface area contributed by atoms with Gasteiger partial charge < -0.3 is 21.2 Å². The van der Waals surface area contributed by atoms with E-state index in [9.17, 15) is 4.79 Å². The molecule has 0 unspecified atom stereocenters. The van der Waals surface area contributed by atoms with Crippen molar-refractivity contribution in [2.45, 2.75) is 64.5 Å². The molecule has 2 heterocycles. The molecular weight excluding hydrogens is 382 g/mol. The first-order valence-electron chi connectivity index (χ1n) is 10.6. The van der Waals surface area contributed by atoms with Crippen molar-refractivity contribution in [2.75, 3.05) is 17.2 Å². The van der Waals surface area contributed by atoms with E-state index in [0.717, 1.165) is 37.8 Å². The van der Waals surface area contributed by atoms with Crippen LogP contribution in [0.15, 0.2) is 30.7 Å². The highest BCUT2D eigenvalue weighted by molar-refractivity contribution is 5.98. The molecule has 1 fully saturated rings. The fraction of sp³-hybridized carbons (Fsp3) is 0.524. The molecule has 0 radical (unpaired) electrons. The maximum Gasteiger partial charge on any atom is 0.256 e. The van der Waals surface area contributed by atoms with Crippen LogP contribution in [0, 0.1) is 0 Å². The molecule has 3 rings (SSSR count). The summed E-state index contributed by atoms with van der Waals surface area (Å²) in [6.45, 7) is 3.42. The molecule has 0 aromatic carbocycles. The van der Waals surface area contributed by atoms with Gasteiger partial charge in [0.25, 0.3) is 5.91 Å². The standard InChI is InChI=1S/C21H30N6O.H3NO/c1-2-3-11-23-21-25-15-18(19(27-21)26-17-7-5-4-6-8-17)20(28)24-14-16-9-12-22-13-10-16;1-2/h9-10,12-13,15,17H,2-8,11,14H2,1H3,(H,24,28)(H2,23,25,26,27);2H,1H2. The number of nitrogens with one attached hydrogen (secondary N) is 3. The largest absolute Gasteiger partial charge is 0.367 e. The molecule has 30 heavy (non-hydrogen) atoms. The fourth-order valence-corrected chi connectivity index (χ4v) is 3.34. The highest BCUT2D eigenvalue weighted by Gasteiger charge is 2.19. The number of unbranched alkanes of at least 4 members (excludes halogenated alkanes) is 1. The molecule has 2 aromatic heterocycles. The van der Waals surface area contributed by atoms with E-state index < -0.39 is 0 Å². The summed E-state index contributed by atoms with van der Waals surface area (Å²) in [5.41, 5.74) is 1.49. The molecule has 1 aliphatic carbocycles. The Morgan fingerprint density at radius 2 is 1.93 bits per heavy atom. The molecule has 1 aliphatic rings. The molecule has 9 heteroatoms. The van der Waals surface area contributed by atoms with E-state index >= 15 is 0 Å². The lowest BCUT2D eigenvalue weighted by Crippen LogP contribution is -2.28. The van der Waals surface area contributed by atoms with E-state index in [-0.39, 0.29) is 5.91 Å².